The van der Waals surface area contributed by atoms with Crippen molar-refractivity contribution in [1.82, 2.24) is 9.55 Å². The summed E-state index contributed by atoms with van der Waals surface area (Å²) in [5.41, 5.74) is -1.21. The van der Waals surface area contributed by atoms with Crippen molar-refractivity contribution >= 4 is 0 Å². The van der Waals surface area contributed by atoms with Gasteiger partial charge in [0.2, 0.25) is 0 Å². The van der Waals surface area contributed by atoms with Crippen LogP contribution in [0.1, 0.15) is 11.8 Å². The Balaban J connectivity index is 2.40. The summed E-state index contributed by atoms with van der Waals surface area (Å²) in [6, 6.07) is 0. The highest BCUT2D eigenvalue weighted by molar-refractivity contribution is 5.04. The Hall–Kier alpha value is -1.52. The van der Waals surface area contributed by atoms with Crippen molar-refractivity contribution in [1.29, 1.82) is 0 Å². The maximum atomic E-state index is 11.8. The van der Waals surface area contributed by atoms with Crippen molar-refractivity contribution in [3.05, 3.63) is 32.6 Å². The maximum Gasteiger partial charge on any atom is 0.330 e. The van der Waals surface area contributed by atoms with E-state index in [0.29, 0.717) is 0 Å². The fourth-order valence-corrected chi connectivity index (χ4v) is 2.08. The molecule has 9 nitrogen and oxygen atoms in total. The van der Waals surface area contributed by atoms with Gasteiger partial charge in [0.1, 0.15) is 18.3 Å². The van der Waals surface area contributed by atoms with Crippen LogP contribution in [0.25, 0.3) is 0 Å². The Bertz CT molecular complexity index is 581. The van der Waals surface area contributed by atoms with E-state index in [4.69, 9.17) is 14.6 Å². The topological polar surface area (TPSA) is 134 Å². The van der Waals surface area contributed by atoms with Gasteiger partial charge in [-0.3, -0.25) is 14.3 Å². The molecule has 9 heteroatoms. The molecule has 0 amide bonds. The molecule has 20 heavy (non-hydrogen) atoms. The Labute approximate surface area is 113 Å². The van der Waals surface area contributed by atoms with Crippen molar-refractivity contribution in [2.45, 2.75) is 31.1 Å². The number of aliphatic hydroxyl groups is 3. The van der Waals surface area contributed by atoms with Crippen LogP contribution in [0, 0.1) is 0 Å². The van der Waals surface area contributed by atoms with Crippen LogP contribution in [0.4, 0.5) is 0 Å². The van der Waals surface area contributed by atoms with Gasteiger partial charge in [-0.1, -0.05) is 0 Å². The minimum absolute atomic E-state index is 0.0234. The average molecular weight is 288 g/mol. The van der Waals surface area contributed by atoms with Gasteiger partial charge in [0, 0.05) is 13.3 Å². The molecule has 2 rings (SSSR count). The number of aromatic amines is 1. The molecular weight excluding hydrogens is 272 g/mol. The molecule has 1 aromatic heterocycles. The van der Waals surface area contributed by atoms with Crippen LogP contribution >= 0.6 is 0 Å². The van der Waals surface area contributed by atoms with Gasteiger partial charge in [0.15, 0.2) is 6.23 Å². The highest BCUT2D eigenvalue weighted by Crippen LogP contribution is 2.27. The zero-order valence-corrected chi connectivity index (χ0v) is 10.7. The first-order valence-corrected chi connectivity index (χ1v) is 5.95. The standard InChI is InChI=1S/C11H16N2O7/c1-19-4-5-2-13(11(18)12-9(5)17)10-8(16)7(15)6(3-14)20-10/h2,6-8,10,14-16H,3-4H2,1H3,(H,12,17,18)/t6-,7-,8-,10?/m1/s1. The number of rotatable bonds is 4. The fourth-order valence-electron chi connectivity index (χ4n) is 2.08. The molecule has 4 atom stereocenters. The third-order valence-corrected chi connectivity index (χ3v) is 3.13. The molecule has 2 heterocycles. The molecule has 0 spiro atoms. The van der Waals surface area contributed by atoms with Crippen LogP contribution in [-0.4, -0.2) is 56.9 Å². The van der Waals surface area contributed by atoms with Gasteiger partial charge in [-0.2, -0.15) is 0 Å². The van der Waals surface area contributed by atoms with Gasteiger partial charge >= 0.3 is 5.69 Å². The average Bonchev–Trinajstić information content (AvgIpc) is 2.70. The summed E-state index contributed by atoms with van der Waals surface area (Å²) < 4.78 is 11.0. The summed E-state index contributed by atoms with van der Waals surface area (Å²) in [5, 5.41) is 28.5. The van der Waals surface area contributed by atoms with Crippen LogP contribution in [0.15, 0.2) is 15.8 Å². The zero-order valence-electron chi connectivity index (χ0n) is 10.7. The molecule has 4 N–H and O–H groups in total. The molecule has 1 unspecified atom stereocenters. The smallest absolute Gasteiger partial charge is 0.330 e. The van der Waals surface area contributed by atoms with Crippen molar-refractivity contribution in [2.24, 2.45) is 0 Å². The van der Waals surface area contributed by atoms with Gasteiger partial charge < -0.3 is 24.8 Å². The van der Waals surface area contributed by atoms with Gasteiger partial charge in [-0.25, -0.2) is 4.79 Å². The number of methoxy groups -OCH3 is 1. The minimum atomic E-state index is -1.40. The lowest BCUT2D eigenvalue weighted by atomic mass is 10.1. The largest absolute Gasteiger partial charge is 0.394 e. The van der Waals surface area contributed by atoms with Crippen LogP contribution < -0.4 is 11.2 Å². The zero-order chi connectivity index (χ0) is 14.9. The quantitative estimate of drug-likeness (QED) is 0.473. The summed E-state index contributed by atoms with van der Waals surface area (Å²) >= 11 is 0. The predicted molar refractivity (Wildman–Crippen MR) is 65.0 cm³/mol. The lowest BCUT2D eigenvalue weighted by molar-refractivity contribution is -0.0552. The van der Waals surface area contributed by atoms with Crippen molar-refractivity contribution in [3.63, 3.8) is 0 Å². The van der Waals surface area contributed by atoms with E-state index in [2.05, 4.69) is 4.98 Å². The molecule has 0 aliphatic carbocycles. The molecule has 0 aromatic carbocycles. The number of aliphatic hydroxyl groups excluding tert-OH is 3. The number of H-pyrrole nitrogens is 1. The Morgan fingerprint density at radius 3 is 2.65 bits per heavy atom. The van der Waals surface area contributed by atoms with Gasteiger partial charge in [0.05, 0.1) is 18.8 Å². The van der Waals surface area contributed by atoms with E-state index in [1.54, 1.807) is 0 Å². The molecule has 0 radical (unpaired) electrons. The SMILES string of the molecule is COCc1cn(C2O[C@H](CO)[C@@H](O)[C@H]2O)c(=O)[nH]c1=O. The summed E-state index contributed by atoms with van der Waals surface area (Å²) in [7, 11) is 1.39. The fraction of sp³-hybridized carbons (Fsp3) is 0.636. The van der Waals surface area contributed by atoms with Crippen LogP contribution in [-0.2, 0) is 16.1 Å². The van der Waals surface area contributed by atoms with E-state index < -0.39 is 42.4 Å². The minimum Gasteiger partial charge on any atom is -0.394 e. The highest BCUT2D eigenvalue weighted by Gasteiger charge is 2.43. The molecule has 1 aliphatic heterocycles. The summed E-state index contributed by atoms with van der Waals surface area (Å²) in [4.78, 5) is 25.4. The number of nitrogens with one attached hydrogen (secondary N) is 1. The summed E-state index contributed by atoms with van der Waals surface area (Å²) in [6.45, 7) is -0.526. The van der Waals surface area contributed by atoms with Gasteiger partial charge in [-0.05, 0) is 0 Å². The lowest BCUT2D eigenvalue weighted by Gasteiger charge is -2.17. The monoisotopic (exact) mass is 288 g/mol. The second-order valence-electron chi connectivity index (χ2n) is 4.48. The van der Waals surface area contributed by atoms with E-state index in [-0.39, 0.29) is 12.2 Å². The Kier molecular flexibility index (Phi) is 4.35. The number of aromatic nitrogens is 2. The van der Waals surface area contributed by atoms with Gasteiger partial charge in [0.25, 0.3) is 5.56 Å². The number of hydrogen-bond acceptors (Lipinski definition) is 7. The van der Waals surface area contributed by atoms with Crippen LogP contribution in [0.5, 0.6) is 0 Å². The van der Waals surface area contributed by atoms with Crippen molar-refractivity contribution in [3.8, 4) is 0 Å². The summed E-state index contributed by atoms with van der Waals surface area (Å²) in [6.07, 6.45) is -3.71. The van der Waals surface area contributed by atoms with Crippen LogP contribution in [0.3, 0.4) is 0 Å². The van der Waals surface area contributed by atoms with E-state index in [1.807, 2.05) is 0 Å². The first-order chi connectivity index (χ1) is 9.49. The molecule has 1 aromatic rings. The normalized spacial score (nSPS) is 29.8. The maximum absolute atomic E-state index is 11.8. The van der Waals surface area contributed by atoms with Crippen molar-refractivity contribution in [2.75, 3.05) is 13.7 Å². The molecule has 1 fully saturated rings. The molecule has 1 aliphatic rings. The Morgan fingerprint density at radius 2 is 2.10 bits per heavy atom. The lowest BCUT2D eigenvalue weighted by Crippen LogP contribution is -2.39. The first-order valence-electron chi connectivity index (χ1n) is 5.95. The van der Waals surface area contributed by atoms with Crippen molar-refractivity contribution < 1.29 is 24.8 Å². The molecular formula is C11H16N2O7. The van der Waals surface area contributed by atoms with E-state index in [9.17, 15) is 19.8 Å². The first kappa shape index (κ1) is 14.9. The van der Waals surface area contributed by atoms with Gasteiger partial charge in [-0.15, -0.1) is 0 Å². The van der Waals surface area contributed by atoms with E-state index in [0.717, 1.165) is 4.57 Å². The number of ether oxygens (including phenoxy) is 2. The molecule has 0 saturated carbocycles. The molecule has 1 saturated heterocycles. The molecule has 112 valence electrons. The number of nitrogens with zero attached hydrogens (tertiary/aromatic N) is 1. The van der Waals surface area contributed by atoms with E-state index >= 15 is 0 Å². The third kappa shape index (κ3) is 2.53. The number of hydrogen-bond donors (Lipinski definition) is 4. The second kappa shape index (κ2) is 5.85. The third-order valence-electron chi connectivity index (χ3n) is 3.13. The second-order valence-corrected chi connectivity index (χ2v) is 4.48. The van der Waals surface area contributed by atoms with E-state index in [1.165, 1.54) is 13.3 Å². The predicted octanol–water partition coefficient (Wildman–Crippen LogP) is -2.71. The Morgan fingerprint density at radius 1 is 1.40 bits per heavy atom. The molecule has 0 bridgehead atoms. The highest BCUT2D eigenvalue weighted by atomic mass is 16.6. The van der Waals surface area contributed by atoms with Crippen LogP contribution in [0.2, 0.25) is 0 Å². The summed E-state index contributed by atoms with van der Waals surface area (Å²) in [5.74, 6) is 0.